The highest BCUT2D eigenvalue weighted by atomic mass is 16.8. The lowest BCUT2D eigenvalue weighted by atomic mass is 9.93. The number of rotatable bonds is 31. The lowest BCUT2D eigenvalue weighted by Crippen LogP contribution is -2.72. The Morgan fingerprint density at radius 1 is 0.219 bits per heavy atom. The third-order valence-electron chi connectivity index (χ3n) is 24.1. The van der Waals surface area contributed by atoms with Crippen LogP contribution < -0.4 is 16.0 Å². The van der Waals surface area contributed by atoms with Crippen molar-refractivity contribution >= 4 is 17.7 Å². The number of nitrogens with one attached hydrogen (secondary N) is 3. The summed E-state index contributed by atoms with van der Waals surface area (Å²) in [5, 5.41) is 331. The molecule has 11 heterocycles. The summed E-state index contributed by atoms with van der Waals surface area (Å²) in [7, 11) is 0. The minimum absolute atomic E-state index is 0.902. The predicted molar refractivity (Wildman–Crippen MR) is 393 cm³/mol. The summed E-state index contributed by atoms with van der Waals surface area (Å²) < 4.78 is 127. The highest BCUT2D eigenvalue weighted by Gasteiger charge is 2.63. The van der Waals surface area contributed by atoms with Crippen LogP contribution in [0.3, 0.4) is 0 Å². The van der Waals surface area contributed by atoms with E-state index >= 15 is 0 Å². The zero-order valence-electron chi connectivity index (χ0n) is 69.2. The lowest BCUT2D eigenvalue weighted by Gasteiger charge is -2.52. The standard InChI is InChI=1S/C72H121N3O53/c1-15-32(86)39(93)46(100)66(109-15)124-57-29(73-18(4)83)63(116-25(11-80)54(57)123-71-51(105)60(37(91)23(9-78)115-71)127-64-30(74-19(5)84)58(125-67-47(101)40(94)33(87)16(2)110-67)55(26(12-81)117-64)121-69-49(103)42(96)35(89)21(7-76)113-69)108-14-28-38(92)61(52(106)72(119-28)120-53-24(10-79)112-62(107)45(99)44(53)98)128-65-31(75-20(6)85)59(126-68-48(102)41(95)34(88)17(3)111-68)56(27(13-82)118-65)122-70-50(104)43(97)36(90)22(8-77)114-70/h15-17,21-72,76-82,86-107H,7-14H2,1-6H3,(H,73,83)(H,74,84)(H,75,85)/t15-,16-,17-,21+,22+,23+,24+,25+,26+,27+,28+,29+,30+,31+,32+,33+,34+,35-,36-,37-,38-,39+,40+,41+,42+,43-,44+,45+,46-,47-,48-,49+,50+,51+,52+,53+,54+,55+,56+,57+,58+,59+,60-,61-,62?,63+,64-,65-,66-,67-,68-,69-,70-,71-,72-/m0/s1. The van der Waals surface area contributed by atoms with Crippen molar-refractivity contribution in [1.82, 2.24) is 16.0 Å². The van der Waals surface area contributed by atoms with Crippen LogP contribution in [0.25, 0.3) is 0 Å². The van der Waals surface area contributed by atoms with Crippen molar-refractivity contribution in [3.8, 4) is 0 Å². The van der Waals surface area contributed by atoms with Crippen molar-refractivity contribution in [3.63, 3.8) is 0 Å². The molecule has 3 amide bonds. The van der Waals surface area contributed by atoms with Gasteiger partial charge in [-0.05, 0) is 20.8 Å². The van der Waals surface area contributed by atoms with Gasteiger partial charge in [-0.25, -0.2) is 0 Å². The van der Waals surface area contributed by atoms with E-state index in [0.29, 0.717) is 0 Å². The normalized spacial score (nSPS) is 51.6. The zero-order chi connectivity index (χ0) is 94.1. The second kappa shape index (κ2) is 45.1. The number of aliphatic hydroxyl groups excluding tert-OH is 29. The van der Waals surface area contributed by atoms with Gasteiger partial charge in [0.2, 0.25) is 17.7 Å². The number of aliphatic hydroxyl groups is 29. The van der Waals surface area contributed by atoms with Gasteiger partial charge in [-0.1, -0.05) is 0 Å². The molecule has 11 aliphatic heterocycles. The van der Waals surface area contributed by atoms with E-state index in [1.165, 1.54) is 20.8 Å². The SMILES string of the molecule is CC(=O)N[C@H]1[C@H](O[C@H]2[C@@H](O)[C@@H](CO)O[C@@H](O[C@H]3[C@H](O[C@@H]4O[C@@H](C)[C@@H](O)[C@@H](O)[C@@H]4O)[C@@H](NC(C)=O)[C@H](OC[C@H]4O[C@@H](O[C@H]5[C@H](O)[C@@H](O)C(O)O[C@@H]5CO)[C@H](O)[C@@H](O[C@@H]5O[C@H](CO)[C@@H](O[C@@H]6O[C@H](CO)[C@H](O)[C@H](O)[C@H]6O)[C@H](O[C@@H]6O[C@@H](C)[C@@H](O)[C@@H](O)[C@@H]6O)[C@H]5NC(C)=O)[C@H]4O)O[C@@H]3CO)[C@@H]2O)O[C@H](CO)[C@@H](O[C@@H]2O[C@H](CO)[C@H](O)[C@@H](O)[C@H]2O)[C@@H]1O[C@@H]1O[C@@H](C)[C@@H](O)[C@@H](O)[C@@H]1O. The van der Waals surface area contributed by atoms with Gasteiger partial charge in [0.05, 0.1) is 71.2 Å². The van der Waals surface area contributed by atoms with E-state index in [4.69, 9.17) is 99.5 Å². The van der Waals surface area contributed by atoms with Gasteiger partial charge in [0.15, 0.2) is 69.2 Å². The number of hydrogen-bond donors (Lipinski definition) is 32. The third-order valence-corrected chi connectivity index (χ3v) is 24.1. The summed E-state index contributed by atoms with van der Waals surface area (Å²) in [4.78, 5) is 40.8. The van der Waals surface area contributed by atoms with Gasteiger partial charge in [0, 0.05) is 20.8 Å². The third kappa shape index (κ3) is 22.5. The predicted octanol–water partition coefficient (Wildman–Crippen LogP) is -21.5. The van der Waals surface area contributed by atoms with Crippen molar-refractivity contribution in [1.29, 1.82) is 0 Å². The maximum Gasteiger partial charge on any atom is 0.217 e. The van der Waals surface area contributed by atoms with E-state index in [2.05, 4.69) is 16.0 Å². The Kier molecular flexibility index (Phi) is 37.0. The molecule has 0 saturated carbocycles. The summed E-state index contributed by atoms with van der Waals surface area (Å²) >= 11 is 0. The van der Waals surface area contributed by atoms with Crippen LogP contribution in [0.15, 0.2) is 0 Å². The Bertz CT molecular complexity index is 3460. The van der Waals surface area contributed by atoms with Crippen LogP contribution in [0.4, 0.5) is 0 Å². The van der Waals surface area contributed by atoms with Gasteiger partial charge in [-0.15, -0.1) is 0 Å². The van der Waals surface area contributed by atoms with E-state index in [1.54, 1.807) is 0 Å². The first-order chi connectivity index (χ1) is 60.5. The van der Waals surface area contributed by atoms with Crippen LogP contribution in [0.5, 0.6) is 0 Å². The molecule has 56 heteroatoms. The Morgan fingerprint density at radius 2 is 0.453 bits per heavy atom. The molecule has 11 rings (SSSR count). The van der Waals surface area contributed by atoms with Gasteiger partial charge >= 0.3 is 0 Å². The maximum atomic E-state index is 13.8. The second-order valence-corrected chi connectivity index (χ2v) is 33.0. The fraction of sp³-hybridized carbons (Fsp3) is 0.958. The second-order valence-electron chi connectivity index (χ2n) is 33.0. The highest BCUT2D eigenvalue weighted by Crippen LogP contribution is 2.43. The van der Waals surface area contributed by atoms with Crippen molar-refractivity contribution in [2.24, 2.45) is 0 Å². The minimum atomic E-state index is -2.53. The molecule has 0 aliphatic carbocycles. The van der Waals surface area contributed by atoms with Gasteiger partial charge in [-0.2, -0.15) is 0 Å². The maximum absolute atomic E-state index is 13.8. The van der Waals surface area contributed by atoms with Crippen molar-refractivity contribution in [2.75, 3.05) is 52.9 Å². The number of amides is 3. The first-order valence-electron chi connectivity index (χ1n) is 41.2. The summed E-state index contributed by atoms with van der Waals surface area (Å²) in [6.07, 6.45) is -108. The molecule has 1 unspecified atom stereocenters. The topological polar surface area (TPSA) is 868 Å². The van der Waals surface area contributed by atoms with Crippen molar-refractivity contribution in [2.45, 2.75) is 379 Å². The average Bonchev–Trinajstić information content (AvgIpc) is 0.761. The monoisotopic (exact) mass is 1880 g/mol. The van der Waals surface area contributed by atoms with E-state index in [9.17, 15) is 162 Å². The summed E-state index contributed by atoms with van der Waals surface area (Å²) in [6.45, 7) is -2.92. The average molecular weight is 1880 g/mol. The molecular formula is C72H121N3O53. The fourth-order valence-electron chi connectivity index (χ4n) is 16.9. The van der Waals surface area contributed by atoms with Gasteiger partial charge in [-0.3, -0.25) is 14.4 Å². The molecule has 0 radical (unpaired) electrons. The molecule has 0 aromatic heterocycles. The largest absolute Gasteiger partial charge is 0.394 e. The molecular weight excluding hydrogens is 1750 g/mol. The quantitative estimate of drug-likeness (QED) is 0.0306. The molecule has 742 valence electrons. The molecule has 11 aliphatic rings. The van der Waals surface area contributed by atoms with Crippen LogP contribution in [-0.4, -0.2) is 556 Å². The number of carbonyl (C=O) groups excluding carboxylic acids is 3. The Balaban J connectivity index is 0.935. The Hall–Kier alpha value is -3.59. The van der Waals surface area contributed by atoms with E-state index in [-0.39, 0.29) is 0 Å². The Morgan fingerprint density at radius 3 is 0.773 bits per heavy atom. The van der Waals surface area contributed by atoms with Crippen LogP contribution >= 0.6 is 0 Å². The van der Waals surface area contributed by atoms with Gasteiger partial charge in [0.25, 0.3) is 0 Å². The van der Waals surface area contributed by atoms with E-state index < -0.39 is 408 Å². The van der Waals surface area contributed by atoms with Crippen LogP contribution in [0.1, 0.15) is 41.5 Å². The zero-order valence-corrected chi connectivity index (χ0v) is 69.2. The van der Waals surface area contributed by atoms with Crippen molar-refractivity contribution in [3.05, 3.63) is 0 Å². The van der Waals surface area contributed by atoms with Crippen LogP contribution in [0.2, 0.25) is 0 Å². The first-order valence-corrected chi connectivity index (χ1v) is 41.2. The molecule has 56 nitrogen and oxygen atoms in total. The fourth-order valence-corrected chi connectivity index (χ4v) is 16.9. The Labute approximate surface area is 725 Å². The van der Waals surface area contributed by atoms with Crippen LogP contribution in [-0.2, 0) is 114 Å². The molecule has 32 N–H and O–H groups in total. The van der Waals surface area contributed by atoms with Gasteiger partial charge in [0.1, 0.15) is 250 Å². The van der Waals surface area contributed by atoms with E-state index in [0.717, 1.165) is 20.8 Å². The smallest absolute Gasteiger partial charge is 0.217 e. The van der Waals surface area contributed by atoms with Gasteiger partial charge < -0.3 is 264 Å². The van der Waals surface area contributed by atoms with Crippen LogP contribution in [0, 0.1) is 0 Å². The summed E-state index contributed by atoms with van der Waals surface area (Å²) in [5.74, 6) is -3.06. The minimum Gasteiger partial charge on any atom is -0.394 e. The molecule has 0 bridgehead atoms. The highest BCUT2D eigenvalue weighted by molar-refractivity contribution is 5.74. The lowest BCUT2D eigenvalue weighted by molar-refractivity contribution is -0.397. The van der Waals surface area contributed by atoms with Crippen molar-refractivity contribution < 1.29 is 262 Å². The molecule has 0 spiro atoms. The van der Waals surface area contributed by atoms with E-state index in [1.807, 2.05) is 0 Å². The molecule has 0 aromatic carbocycles. The number of hydrogen-bond acceptors (Lipinski definition) is 53. The summed E-state index contributed by atoms with van der Waals surface area (Å²) in [6, 6.07) is -6.13. The molecule has 128 heavy (non-hydrogen) atoms. The molecule has 55 atom stereocenters. The molecule has 11 fully saturated rings. The molecule has 11 saturated heterocycles. The number of carbonyl (C=O) groups is 3. The number of ether oxygens (including phenoxy) is 21. The molecule has 0 aromatic rings. The summed E-state index contributed by atoms with van der Waals surface area (Å²) in [5.41, 5.74) is 0. The first kappa shape index (κ1) is 105.